The fraction of sp³-hybridized carbons (Fsp3) is 0.750. The second-order valence-corrected chi connectivity index (χ2v) is 4.83. The number of likely N-dealkylation sites (tertiary alicyclic amines) is 1. The fourth-order valence-electron chi connectivity index (χ4n) is 2.58. The minimum Gasteiger partial charge on any atom is -0.481 e. The molecule has 2 heterocycles. The molecule has 1 N–H and O–H groups in total. The van der Waals surface area contributed by atoms with Crippen molar-refractivity contribution in [3.63, 3.8) is 0 Å². The standard InChI is InChI=1S/C12H20N4O2/c1-2-16-11(13-9-14-16)8-15-5-3-4-10(7-15)6-12(17)18/h9-10H,2-8H2,1H3,(H,17,18). The maximum absolute atomic E-state index is 10.7. The van der Waals surface area contributed by atoms with Crippen LogP contribution in [0.4, 0.5) is 0 Å². The molecule has 1 aromatic heterocycles. The molecule has 1 unspecified atom stereocenters. The first-order valence-electron chi connectivity index (χ1n) is 6.50. The van der Waals surface area contributed by atoms with Gasteiger partial charge in [0.1, 0.15) is 12.2 Å². The number of aryl methyl sites for hydroxylation is 1. The summed E-state index contributed by atoms with van der Waals surface area (Å²) >= 11 is 0. The van der Waals surface area contributed by atoms with Crippen LogP contribution in [0.2, 0.25) is 0 Å². The summed E-state index contributed by atoms with van der Waals surface area (Å²) in [5.74, 6) is 0.543. The molecule has 18 heavy (non-hydrogen) atoms. The molecule has 6 nitrogen and oxygen atoms in total. The number of carbonyl (C=O) groups is 1. The molecule has 1 aliphatic heterocycles. The Balaban J connectivity index is 1.91. The average Bonchev–Trinajstić information content (AvgIpc) is 2.76. The molecule has 0 aliphatic carbocycles. The maximum Gasteiger partial charge on any atom is 0.303 e. The molecule has 6 heteroatoms. The van der Waals surface area contributed by atoms with Gasteiger partial charge < -0.3 is 5.11 Å². The first kappa shape index (κ1) is 13.0. The summed E-state index contributed by atoms with van der Waals surface area (Å²) in [6.07, 6.45) is 3.94. The Morgan fingerprint density at radius 2 is 2.44 bits per heavy atom. The lowest BCUT2D eigenvalue weighted by Gasteiger charge is -2.31. The van der Waals surface area contributed by atoms with Crippen LogP contribution >= 0.6 is 0 Å². The number of hydrogen-bond acceptors (Lipinski definition) is 4. The largest absolute Gasteiger partial charge is 0.481 e. The topological polar surface area (TPSA) is 71.2 Å². The number of piperidine rings is 1. The van der Waals surface area contributed by atoms with Gasteiger partial charge in [0.25, 0.3) is 0 Å². The van der Waals surface area contributed by atoms with Crippen LogP contribution in [0.25, 0.3) is 0 Å². The maximum atomic E-state index is 10.7. The van der Waals surface area contributed by atoms with Crippen molar-refractivity contribution >= 4 is 5.97 Å². The molecule has 2 rings (SSSR count). The first-order valence-corrected chi connectivity index (χ1v) is 6.50. The van der Waals surface area contributed by atoms with Crippen LogP contribution in [0, 0.1) is 5.92 Å². The number of aliphatic carboxylic acids is 1. The Kier molecular flexibility index (Phi) is 4.30. The number of aromatic nitrogens is 3. The molecule has 1 fully saturated rings. The fourth-order valence-corrected chi connectivity index (χ4v) is 2.58. The minimum absolute atomic E-state index is 0.272. The third kappa shape index (κ3) is 3.29. The van der Waals surface area contributed by atoms with Gasteiger partial charge in [-0.15, -0.1) is 0 Å². The van der Waals surface area contributed by atoms with E-state index in [9.17, 15) is 4.79 Å². The SMILES string of the molecule is CCn1ncnc1CN1CCCC(CC(=O)O)C1. The lowest BCUT2D eigenvalue weighted by atomic mass is 9.95. The van der Waals surface area contributed by atoms with Crippen molar-refractivity contribution in [3.05, 3.63) is 12.2 Å². The van der Waals surface area contributed by atoms with Gasteiger partial charge in [0.2, 0.25) is 0 Å². The summed E-state index contributed by atoms with van der Waals surface area (Å²) in [5, 5.41) is 13.0. The van der Waals surface area contributed by atoms with Gasteiger partial charge in [0, 0.05) is 19.5 Å². The second kappa shape index (κ2) is 5.95. The van der Waals surface area contributed by atoms with Crippen molar-refractivity contribution < 1.29 is 9.90 Å². The highest BCUT2D eigenvalue weighted by molar-refractivity contribution is 5.67. The first-order chi connectivity index (χ1) is 8.69. The van der Waals surface area contributed by atoms with Crippen LogP contribution in [-0.4, -0.2) is 43.8 Å². The minimum atomic E-state index is -0.696. The van der Waals surface area contributed by atoms with E-state index >= 15 is 0 Å². The number of rotatable bonds is 5. The zero-order valence-electron chi connectivity index (χ0n) is 10.7. The smallest absolute Gasteiger partial charge is 0.303 e. The number of nitrogens with zero attached hydrogens (tertiary/aromatic N) is 4. The van der Waals surface area contributed by atoms with Gasteiger partial charge in [-0.25, -0.2) is 9.67 Å². The van der Waals surface area contributed by atoms with Gasteiger partial charge in [-0.1, -0.05) is 0 Å². The molecule has 0 bridgehead atoms. The van der Waals surface area contributed by atoms with E-state index in [0.717, 1.165) is 44.8 Å². The van der Waals surface area contributed by atoms with Crippen LogP contribution in [0.5, 0.6) is 0 Å². The molecule has 0 saturated carbocycles. The summed E-state index contributed by atoms with van der Waals surface area (Å²) < 4.78 is 1.89. The quantitative estimate of drug-likeness (QED) is 0.846. The lowest BCUT2D eigenvalue weighted by Crippen LogP contribution is -2.36. The van der Waals surface area contributed by atoms with Gasteiger partial charge in [-0.2, -0.15) is 5.10 Å². The van der Waals surface area contributed by atoms with E-state index in [-0.39, 0.29) is 12.3 Å². The molecule has 1 aliphatic rings. The normalized spacial score (nSPS) is 21.1. The zero-order valence-corrected chi connectivity index (χ0v) is 10.7. The highest BCUT2D eigenvalue weighted by Crippen LogP contribution is 2.20. The number of carboxylic acid groups (broad SMARTS) is 1. The Morgan fingerprint density at radius 1 is 1.61 bits per heavy atom. The summed E-state index contributed by atoms with van der Waals surface area (Å²) in [6, 6.07) is 0. The molecular weight excluding hydrogens is 232 g/mol. The highest BCUT2D eigenvalue weighted by atomic mass is 16.4. The molecule has 0 amide bonds. The highest BCUT2D eigenvalue weighted by Gasteiger charge is 2.23. The van der Waals surface area contributed by atoms with Gasteiger partial charge in [0.05, 0.1) is 6.54 Å². The van der Waals surface area contributed by atoms with Crippen molar-refractivity contribution in [1.82, 2.24) is 19.7 Å². The molecule has 100 valence electrons. The van der Waals surface area contributed by atoms with Gasteiger partial charge in [-0.3, -0.25) is 9.69 Å². The van der Waals surface area contributed by atoms with Gasteiger partial charge >= 0.3 is 5.97 Å². The summed E-state index contributed by atoms with van der Waals surface area (Å²) in [6.45, 7) is 5.50. The van der Waals surface area contributed by atoms with Crippen LogP contribution in [0.15, 0.2) is 6.33 Å². The van der Waals surface area contributed by atoms with Crippen molar-refractivity contribution in [3.8, 4) is 0 Å². The van der Waals surface area contributed by atoms with E-state index in [4.69, 9.17) is 5.11 Å². The second-order valence-electron chi connectivity index (χ2n) is 4.83. The van der Waals surface area contributed by atoms with Crippen LogP contribution in [0.3, 0.4) is 0 Å². The van der Waals surface area contributed by atoms with Gasteiger partial charge in [0.15, 0.2) is 0 Å². The zero-order chi connectivity index (χ0) is 13.0. The molecule has 0 radical (unpaired) electrons. The average molecular weight is 252 g/mol. The van der Waals surface area contributed by atoms with Crippen LogP contribution in [-0.2, 0) is 17.9 Å². The predicted octanol–water partition coefficient (Wildman–Crippen LogP) is 0.985. The van der Waals surface area contributed by atoms with Crippen molar-refractivity contribution in [2.45, 2.75) is 39.3 Å². The number of hydrogen-bond donors (Lipinski definition) is 1. The third-order valence-corrected chi connectivity index (χ3v) is 3.43. The molecule has 1 saturated heterocycles. The van der Waals surface area contributed by atoms with Crippen molar-refractivity contribution in [2.24, 2.45) is 5.92 Å². The van der Waals surface area contributed by atoms with Crippen LogP contribution < -0.4 is 0 Å². The Bertz CT molecular complexity index is 405. The van der Waals surface area contributed by atoms with Gasteiger partial charge in [-0.05, 0) is 32.2 Å². The van der Waals surface area contributed by atoms with E-state index in [0.29, 0.717) is 0 Å². The van der Waals surface area contributed by atoms with E-state index in [2.05, 4.69) is 15.0 Å². The lowest BCUT2D eigenvalue weighted by molar-refractivity contribution is -0.138. The number of carboxylic acids is 1. The van der Waals surface area contributed by atoms with Crippen molar-refractivity contribution in [2.75, 3.05) is 13.1 Å². The van der Waals surface area contributed by atoms with E-state index in [1.54, 1.807) is 6.33 Å². The molecule has 0 spiro atoms. The Hall–Kier alpha value is -1.43. The molecule has 0 aromatic carbocycles. The summed E-state index contributed by atoms with van der Waals surface area (Å²) in [4.78, 5) is 17.3. The molecule has 1 atom stereocenters. The van der Waals surface area contributed by atoms with Crippen molar-refractivity contribution in [1.29, 1.82) is 0 Å². The molecule has 1 aromatic rings. The monoisotopic (exact) mass is 252 g/mol. The molecular formula is C12H20N4O2. The van der Waals surface area contributed by atoms with Crippen LogP contribution in [0.1, 0.15) is 32.0 Å². The Morgan fingerprint density at radius 3 is 3.17 bits per heavy atom. The summed E-state index contributed by atoms with van der Waals surface area (Å²) in [5.41, 5.74) is 0. The Labute approximate surface area is 107 Å². The third-order valence-electron chi connectivity index (χ3n) is 3.43. The van der Waals surface area contributed by atoms with E-state index in [1.165, 1.54) is 0 Å². The predicted molar refractivity (Wildman–Crippen MR) is 65.9 cm³/mol. The van der Waals surface area contributed by atoms with E-state index in [1.807, 2.05) is 11.6 Å². The van der Waals surface area contributed by atoms with E-state index < -0.39 is 5.97 Å². The summed E-state index contributed by atoms with van der Waals surface area (Å²) in [7, 11) is 0.